The molecule has 19 heavy (non-hydrogen) atoms. The average Bonchev–Trinajstić information content (AvgIpc) is 2.92. The molecule has 0 spiro atoms. The van der Waals surface area contributed by atoms with Crippen LogP contribution < -0.4 is 10.1 Å². The number of carboxylic acid groups (broad SMARTS) is 1. The Morgan fingerprint density at radius 3 is 2.58 bits per heavy atom. The number of hydrogen-bond donors (Lipinski definition) is 2. The third-order valence-electron chi connectivity index (χ3n) is 2.14. The molecule has 2 N–H and O–H groups in total. The van der Waals surface area contributed by atoms with Crippen molar-refractivity contribution in [1.82, 2.24) is 5.16 Å². The Kier molecular flexibility index (Phi) is 3.77. The van der Waals surface area contributed by atoms with Crippen LogP contribution in [0.4, 0.5) is 5.69 Å². The monoisotopic (exact) mass is 262 g/mol. The fourth-order valence-electron chi connectivity index (χ4n) is 1.31. The number of hydrogen-bond acceptors (Lipinski definition) is 5. The minimum atomic E-state index is -1.05. The van der Waals surface area contributed by atoms with E-state index < -0.39 is 18.5 Å². The maximum Gasteiger partial charge on any atom is 0.341 e. The summed E-state index contributed by atoms with van der Waals surface area (Å²) >= 11 is 0. The number of aliphatic carboxylic acids is 1. The van der Waals surface area contributed by atoms with Gasteiger partial charge >= 0.3 is 5.97 Å². The molecule has 0 radical (unpaired) electrons. The predicted molar refractivity (Wildman–Crippen MR) is 64.0 cm³/mol. The van der Waals surface area contributed by atoms with Gasteiger partial charge in [0, 0.05) is 11.8 Å². The van der Waals surface area contributed by atoms with Crippen molar-refractivity contribution in [2.45, 2.75) is 0 Å². The Morgan fingerprint density at radius 1 is 1.26 bits per heavy atom. The molecule has 1 aromatic carbocycles. The van der Waals surface area contributed by atoms with Gasteiger partial charge in [0.25, 0.3) is 5.91 Å². The van der Waals surface area contributed by atoms with Crippen LogP contribution in [0.15, 0.2) is 41.1 Å². The number of carboxylic acids is 1. The van der Waals surface area contributed by atoms with Crippen LogP contribution in [0.5, 0.6) is 5.75 Å². The summed E-state index contributed by atoms with van der Waals surface area (Å²) in [4.78, 5) is 21.9. The van der Waals surface area contributed by atoms with Gasteiger partial charge in [-0.05, 0) is 24.3 Å². The summed E-state index contributed by atoms with van der Waals surface area (Å²) in [6.45, 7) is -0.413. The van der Waals surface area contributed by atoms with E-state index in [-0.39, 0.29) is 5.76 Å². The highest BCUT2D eigenvalue weighted by Gasteiger charge is 2.09. The fourth-order valence-corrected chi connectivity index (χ4v) is 1.31. The van der Waals surface area contributed by atoms with Gasteiger partial charge in [-0.25, -0.2) is 4.79 Å². The number of carbonyl (C=O) groups excluding carboxylic acids is 1. The predicted octanol–water partition coefficient (Wildman–Crippen LogP) is 1.39. The Hall–Kier alpha value is -2.83. The molecule has 0 saturated heterocycles. The molecule has 0 atom stereocenters. The van der Waals surface area contributed by atoms with Crippen molar-refractivity contribution in [2.75, 3.05) is 11.9 Å². The quantitative estimate of drug-likeness (QED) is 0.844. The molecule has 7 heteroatoms. The minimum Gasteiger partial charge on any atom is -0.482 e. The van der Waals surface area contributed by atoms with Gasteiger partial charge in [-0.3, -0.25) is 4.79 Å². The first-order chi connectivity index (χ1) is 9.15. The van der Waals surface area contributed by atoms with Crippen LogP contribution in [0.2, 0.25) is 0 Å². The van der Waals surface area contributed by atoms with E-state index in [9.17, 15) is 9.59 Å². The van der Waals surface area contributed by atoms with Crippen molar-refractivity contribution in [2.24, 2.45) is 0 Å². The molecule has 1 heterocycles. The molecule has 0 bridgehead atoms. The fraction of sp³-hybridized carbons (Fsp3) is 0.0833. The molecule has 0 unspecified atom stereocenters. The van der Waals surface area contributed by atoms with Gasteiger partial charge in [0.05, 0.1) is 6.20 Å². The molecule has 98 valence electrons. The van der Waals surface area contributed by atoms with Crippen LogP contribution in [0, 0.1) is 0 Å². The lowest BCUT2D eigenvalue weighted by molar-refractivity contribution is -0.139. The second-order valence-electron chi connectivity index (χ2n) is 3.54. The maximum atomic E-state index is 11.6. The lowest BCUT2D eigenvalue weighted by Gasteiger charge is -2.05. The number of anilines is 1. The highest BCUT2D eigenvalue weighted by Crippen LogP contribution is 2.16. The van der Waals surface area contributed by atoms with Crippen molar-refractivity contribution in [3.05, 3.63) is 42.3 Å². The van der Waals surface area contributed by atoms with Crippen LogP contribution in [-0.4, -0.2) is 28.7 Å². The van der Waals surface area contributed by atoms with Crippen LogP contribution >= 0.6 is 0 Å². The lowest BCUT2D eigenvalue weighted by Crippen LogP contribution is -2.11. The van der Waals surface area contributed by atoms with Crippen LogP contribution in [0.1, 0.15) is 10.6 Å². The number of nitrogens with one attached hydrogen (secondary N) is 1. The van der Waals surface area contributed by atoms with Gasteiger partial charge in [0.1, 0.15) is 5.75 Å². The number of carbonyl (C=O) groups is 2. The Labute approximate surface area is 107 Å². The van der Waals surface area contributed by atoms with Gasteiger partial charge in [0.15, 0.2) is 6.61 Å². The van der Waals surface area contributed by atoms with E-state index >= 15 is 0 Å². The molecule has 0 aliphatic rings. The van der Waals surface area contributed by atoms with E-state index in [1.54, 1.807) is 24.3 Å². The van der Waals surface area contributed by atoms with Crippen LogP contribution in [-0.2, 0) is 4.79 Å². The summed E-state index contributed by atoms with van der Waals surface area (Å²) in [5.74, 6) is -0.967. The van der Waals surface area contributed by atoms with Gasteiger partial charge in [-0.2, -0.15) is 0 Å². The Balaban J connectivity index is 1.95. The normalized spacial score (nSPS) is 9.89. The van der Waals surface area contributed by atoms with Gasteiger partial charge in [0.2, 0.25) is 5.76 Å². The summed E-state index contributed by atoms with van der Waals surface area (Å²) in [5.41, 5.74) is 0.532. The van der Waals surface area contributed by atoms with Gasteiger partial charge in [-0.15, -0.1) is 0 Å². The first kappa shape index (κ1) is 12.6. The highest BCUT2D eigenvalue weighted by molar-refractivity contribution is 6.02. The molecule has 2 rings (SSSR count). The van der Waals surface area contributed by atoms with E-state index in [2.05, 4.69) is 10.5 Å². The molecule has 0 aliphatic carbocycles. The average molecular weight is 262 g/mol. The summed E-state index contributed by atoms with van der Waals surface area (Å²) in [5, 5.41) is 14.5. The zero-order valence-corrected chi connectivity index (χ0v) is 9.70. The molecule has 0 fully saturated rings. The van der Waals surface area contributed by atoms with E-state index in [4.69, 9.17) is 14.4 Å². The number of rotatable bonds is 5. The SMILES string of the molecule is O=C(O)COc1ccc(NC(=O)c2ccno2)cc1. The third-order valence-corrected chi connectivity index (χ3v) is 2.14. The topological polar surface area (TPSA) is 102 Å². The first-order valence-electron chi connectivity index (χ1n) is 5.32. The summed E-state index contributed by atoms with van der Waals surface area (Å²) in [7, 11) is 0. The van der Waals surface area contributed by atoms with E-state index in [1.807, 2.05) is 0 Å². The van der Waals surface area contributed by atoms with Crippen molar-refractivity contribution < 1.29 is 24.0 Å². The van der Waals surface area contributed by atoms with E-state index in [1.165, 1.54) is 12.3 Å². The van der Waals surface area contributed by atoms with Crippen molar-refractivity contribution in [1.29, 1.82) is 0 Å². The van der Waals surface area contributed by atoms with E-state index in [0.29, 0.717) is 11.4 Å². The van der Waals surface area contributed by atoms with Gasteiger partial charge in [-0.1, -0.05) is 5.16 Å². The van der Waals surface area contributed by atoms with Gasteiger partial charge < -0.3 is 19.7 Å². The molecular weight excluding hydrogens is 252 g/mol. The molecule has 1 amide bonds. The van der Waals surface area contributed by atoms with Crippen LogP contribution in [0.3, 0.4) is 0 Å². The van der Waals surface area contributed by atoms with Crippen molar-refractivity contribution in [3.8, 4) is 5.75 Å². The molecule has 7 nitrogen and oxygen atoms in total. The lowest BCUT2D eigenvalue weighted by atomic mass is 10.3. The molecular formula is C12H10N2O5. The summed E-state index contributed by atoms with van der Waals surface area (Å²) < 4.78 is 9.66. The van der Waals surface area contributed by atoms with E-state index in [0.717, 1.165) is 0 Å². The first-order valence-corrected chi connectivity index (χ1v) is 5.32. The second-order valence-corrected chi connectivity index (χ2v) is 3.54. The zero-order valence-electron chi connectivity index (χ0n) is 9.70. The summed E-state index contributed by atoms with van der Waals surface area (Å²) in [6, 6.07) is 7.73. The largest absolute Gasteiger partial charge is 0.482 e. The maximum absolute atomic E-state index is 11.6. The van der Waals surface area contributed by atoms with Crippen molar-refractivity contribution >= 4 is 17.6 Å². The number of benzene rings is 1. The number of nitrogens with zero attached hydrogens (tertiary/aromatic N) is 1. The van der Waals surface area contributed by atoms with Crippen molar-refractivity contribution in [3.63, 3.8) is 0 Å². The zero-order chi connectivity index (χ0) is 13.7. The number of aromatic nitrogens is 1. The number of ether oxygens (including phenoxy) is 1. The molecule has 1 aromatic heterocycles. The molecule has 0 saturated carbocycles. The smallest absolute Gasteiger partial charge is 0.341 e. The standard InChI is InChI=1S/C12H10N2O5/c15-11(16)7-18-9-3-1-8(2-4-9)14-12(17)10-5-6-13-19-10/h1-6H,7H2,(H,14,17)(H,15,16). The Bertz CT molecular complexity index is 562. The van der Waals surface area contributed by atoms with Crippen LogP contribution in [0.25, 0.3) is 0 Å². The second kappa shape index (κ2) is 5.67. The number of amides is 1. The Morgan fingerprint density at radius 2 is 2.00 bits per heavy atom. The minimum absolute atomic E-state index is 0.103. The molecule has 0 aliphatic heterocycles. The summed E-state index contributed by atoms with van der Waals surface area (Å²) in [6.07, 6.45) is 1.37. The highest BCUT2D eigenvalue weighted by atomic mass is 16.5. The third kappa shape index (κ3) is 3.56. The molecule has 2 aromatic rings.